The van der Waals surface area contributed by atoms with Crippen molar-refractivity contribution in [2.75, 3.05) is 13.1 Å². The summed E-state index contributed by atoms with van der Waals surface area (Å²) in [5.41, 5.74) is 0.839. The molecule has 0 atom stereocenters. The van der Waals surface area contributed by atoms with E-state index in [1.165, 1.54) is 45.2 Å². The van der Waals surface area contributed by atoms with Gasteiger partial charge in [-0.25, -0.2) is 0 Å². The van der Waals surface area contributed by atoms with Crippen LogP contribution in [0.25, 0.3) is 0 Å². The minimum Gasteiger partial charge on any atom is -0.300 e. The molecule has 0 bridgehead atoms. The zero-order valence-electron chi connectivity index (χ0n) is 9.30. The van der Waals surface area contributed by atoms with Gasteiger partial charge in [-0.05, 0) is 57.0 Å². The number of rotatable bonds is 1. The van der Waals surface area contributed by atoms with Crippen molar-refractivity contribution < 1.29 is 0 Å². The lowest BCUT2D eigenvalue weighted by molar-refractivity contribution is -0.0159. The third-order valence-electron chi connectivity index (χ3n) is 4.91. The second-order valence-corrected chi connectivity index (χ2v) is 5.87. The molecule has 0 amide bonds. The van der Waals surface area contributed by atoms with Crippen LogP contribution < -0.4 is 0 Å². The van der Waals surface area contributed by atoms with Crippen LogP contribution in [-0.4, -0.2) is 24.0 Å². The quantitative estimate of drug-likeness (QED) is 0.618. The third-order valence-corrected chi connectivity index (χ3v) is 4.91. The summed E-state index contributed by atoms with van der Waals surface area (Å²) in [6.45, 7) is 2.81. The number of nitrogens with zero attached hydrogens (tertiary/aromatic N) is 1. The van der Waals surface area contributed by atoms with Gasteiger partial charge < -0.3 is 4.90 Å². The Morgan fingerprint density at radius 1 is 0.786 bits per heavy atom. The molecule has 1 nitrogen and oxygen atoms in total. The zero-order chi connectivity index (χ0) is 9.43. The van der Waals surface area contributed by atoms with Crippen molar-refractivity contribution in [3.63, 3.8) is 0 Å². The van der Waals surface area contributed by atoms with Gasteiger partial charge in [-0.2, -0.15) is 0 Å². The Morgan fingerprint density at radius 2 is 1.43 bits per heavy atom. The van der Waals surface area contributed by atoms with E-state index in [4.69, 9.17) is 0 Å². The highest BCUT2D eigenvalue weighted by Crippen LogP contribution is 2.53. The molecular weight excluding hydrogens is 170 g/mol. The molecule has 3 fully saturated rings. The molecule has 1 aliphatic heterocycles. The van der Waals surface area contributed by atoms with E-state index in [1.54, 1.807) is 25.7 Å². The Labute approximate surface area is 87.9 Å². The van der Waals surface area contributed by atoms with Crippen molar-refractivity contribution in [3.05, 3.63) is 0 Å². The molecule has 0 aromatic carbocycles. The summed E-state index contributed by atoms with van der Waals surface area (Å²) in [7, 11) is 0. The van der Waals surface area contributed by atoms with E-state index in [1.807, 2.05) is 0 Å². The normalized spacial score (nSPS) is 33.4. The van der Waals surface area contributed by atoms with E-state index in [0.717, 1.165) is 11.5 Å². The van der Waals surface area contributed by atoms with Crippen LogP contribution in [0, 0.1) is 5.41 Å². The largest absolute Gasteiger partial charge is 0.300 e. The second-order valence-electron chi connectivity index (χ2n) is 5.87. The highest BCUT2D eigenvalue weighted by Gasteiger charge is 2.46. The molecule has 0 N–H and O–H groups in total. The SMILES string of the molecule is C1CCC2(CC1)CC(N1CCCC1)C2. The van der Waals surface area contributed by atoms with Crippen LogP contribution in [-0.2, 0) is 0 Å². The van der Waals surface area contributed by atoms with Crippen molar-refractivity contribution in [1.82, 2.24) is 4.90 Å². The first kappa shape index (κ1) is 9.21. The van der Waals surface area contributed by atoms with Crippen LogP contribution in [0.2, 0.25) is 0 Å². The maximum atomic E-state index is 2.76. The fraction of sp³-hybridized carbons (Fsp3) is 1.00. The molecule has 0 aromatic rings. The van der Waals surface area contributed by atoms with E-state index in [-0.39, 0.29) is 0 Å². The monoisotopic (exact) mass is 193 g/mol. The molecule has 3 rings (SSSR count). The third kappa shape index (κ3) is 1.50. The maximum absolute atomic E-state index is 2.76. The summed E-state index contributed by atoms with van der Waals surface area (Å²) in [6, 6.07) is 0.996. The van der Waals surface area contributed by atoms with Crippen LogP contribution in [0.15, 0.2) is 0 Å². The van der Waals surface area contributed by atoms with Gasteiger partial charge in [0.15, 0.2) is 0 Å². The first-order chi connectivity index (χ1) is 6.88. The van der Waals surface area contributed by atoms with E-state index in [2.05, 4.69) is 4.90 Å². The fourth-order valence-electron chi connectivity index (χ4n) is 4.01. The molecule has 0 aromatic heterocycles. The predicted octanol–water partition coefficient (Wildman–Crippen LogP) is 3.20. The van der Waals surface area contributed by atoms with Crippen LogP contribution in [0.3, 0.4) is 0 Å². The van der Waals surface area contributed by atoms with E-state index in [0.29, 0.717) is 0 Å². The summed E-state index contributed by atoms with van der Waals surface area (Å²) in [5.74, 6) is 0. The average molecular weight is 193 g/mol. The van der Waals surface area contributed by atoms with E-state index >= 15 is 0 Å². The highest BCUT2D eigenvalue weighted by atomic mass is 15.2. The van der Waals surface area contributed by atoms with Gasteiger partial charge in [0.25, 0.3) is 0 Å². The molecule has 2 aliphatic carbocycles. The molecule has 0 unspecified atom stereocenters. The summed E-state index contributed by atoms with van der Waals surface area (Å²) >= 11 is 0. The molecule has 14 heavy (non-hydrogen) atoms. The fourth-order valence-corrected chi connectivity index (χ4v) is 4.01. The summed E-state index contributed by atoms with van der Waals surface area (Å²) in [4.78, 5) is 2.76. The minimum atomic E-state index is 0.839. The lowest BCUT2D eigenvalue weighted by Gasteiger charge is -2.53. The second kappa shape index (κ2) is 3.52. The zero-order valence-corrected chi connectivity index (χ0v) is 9.30. The Hall–Kier alpha value is -0.0400. The Bertz CT molecular complexity index is 191. The van der Waals surface area contributed by atoms with Gasteiger partial charge in [0.05, 0.1) is 0 Å². The first-order valence-corrected chi connectivity index (χ1v) is 6.62. The standard InChI is InChI=1S/C13H23N/c1-2-6-13(7-3-1)10-12(11-13)14-8-4-5-9-14/h12H,1-11H2. The molecule has 1 heteroatoms. The summed E-state index contributed by atoms with van der Waals surface area (Å²) < 4.78 is 0. The topological polar surface area (TPSA) is 3.24 Å². The molecule has 1 saturated heterocycles. The van der Waals surface area contributed by atoms with Crippen LogP contribution in [0.4, 0.5) is 0 Å². The van der Waals surface area contributed by atoms with Gasteiger partial charge in [-0.1, -0.05) is 19.3 Å². The lowest BCUT2D eigenvalue weighted by atomic mass is 9.58. The molecule has 2 saturated carbocycles. The number of hydrogen-bond acceptors (Lipinski definition) is 1. The van der Waals surface area contributed by atoms with Gasteiger partial charge in [0, 0.05) is 6.04 Å². The highest BCUT2D eigenvalue weighted by molar-refractivity contribution is 5.00. The van der Waals surface area contributed by atoms with Crippen molar-refractivity contribution in [2.45, 2.75) is 63.8 Å². The van der Waals surface area contributed by atoms with Crippen molar-refractivity contribution in [1.29, 1.82) is 0 Å². The molecule has 80 valence electrons. The smallest absolute Gasteiger partial charge is 0.0106 e. The average Bonchev–Trinajstić information content (AvgIpc) is 2.68. The first-order valence-electron chi connectivity index (χ1n) is 6.62. The van der Waals surface area contributed by atoms with Crippen molar-refractivity contribution in [2.24, 2.45) is 5.41 Å². The van der Waals surface area contributed by atoms with Gasteiger partial charge in [0.2, 0.25) is 0 Å². The predicted molar refractivity (Wildman–Crippen MR) is 59.3 cm³/mol. The van der Waals surface area contributed by atoms with Gasteiger partial charge in [-0.3, -0.25) is 0 Å². The maximum Gasteiger partial charge on any atom is 0.0106 e. The minimum absolute atomic E-state index is 0.839. The van der Waals surface area contributed by atoms with Gasteiger partial charge >= 0.3 is 0 Å². The molecule has 1 heterocycles. The van der Waals surface area contributed by atoms with Gasteiger partial charge in [-0.15, -0.1) is 0 Å². The molecule has 0 radical (unpaired) electrons. The van der Waals surface area contributed by atoms with Crippen LogP contribution >= 0.6 is 0 Å². The summed E-state index contributed by atoms with van der Waals surface area (Å²) in [6.07, 6.45) is 13.7. The molecule has 3 aliphatic rings. The lowest BCUT2D eigenvalue weighted by Crippen LogP contribution is -2.50. The molecular formula is C13H23N. The van der Waals surface area contributed by atoms with Gasteiger partial charge in [0.1, 0.15) is 0 Å². The summed E-state index contributed by atoms with van der Waals surface area (Å²) in [5, 5.41) is 0. The van der Waals surface area contributed by atoms with Crippen LogP contribution in [0.5, 0.6) is 0 Å². The Morgan fingerprint density at radius 3 is 2.07 bits per heavy atom. The van der Waals surface area contributed by atoms with Crippen molar-refractivity contribution >= 4 is 0 Å². The Balaban J connectivity index is 1.53. The van der Waals surface area contributed by atoms with E-state index in [9.17, 15) is 0 Å². The number of hydrogen-bond donors (Lipinski definition) is 0. The van der Waals surface area contributed by atoms with Crippen LogP contribution in [0.1, 0.15) is 57.8 Å². The Kier molecular flexibility index (Phi) is 2.31. The number of likely N-dealkylation sites (tertiary alicyclic amines) is 1. The van der Waals surface area contributed by atoms with Crippen molar-refractivity contribution in [3.8, 4) is 0 Å². The molecule has 1 spiro atoms. The van der Waals surface area contributed by atoms with E-state index < -0.39 is 0 Å².